The Morgan fingerprint density at radius 2 is 1.70 bits per heavy atom. The van der Waals surface area contributed by atoms with Crippen molar-refractivity contribution < 1.29 is 0 Å². The van der Waals surface area contributed by atoms with E-state index in [4.69, 9.17) is 0 Å². The fraction of sp³-hybridized carbons (Fsp3) is 0.259. The third-order valence-corrected chi connectivity index (χ3v) is 7.12. The summed E-state index contributed by atoms with van der Waals surface area (Å²) >= 11 is 1.62. The molecule has 166 valence electrons. The summed E-state index contributed by atoms with van der Waals surface area (Å²) in [6.07, 6.45) is 1.61. The zero-order chi connectivity index (χ0) is 22.6. The van der Waals surface area contributed by atoms with Crippen LogP contribution in [0.1, 0.15) is 23.6 Å². The van der Waals surface area contributed by atoms with E-state index in [0.717, 1.165) is 65.6 Å². The third kappa shape index (κ3) is 4.70. The lowest BCUT2D eigenvalue weighted by molar-refractivity contribution is 0.271. The van der Waals surface area contributed by atoms with Gasteiger partial charge >= 0.3 is 0 Å². The van der Waals surface area contributed by atoms with Crippen molar-refractivity contribution in [3.05, 3.63) is 76.9 Å². The monoisotopic (exact) mass is 453 g/mol. The number of hydrogen-bond donors (Lipinski definition) is 1. The van der Waals surface area contributed by atoms with Gasteiger partial charge in [-0.3, -0.25) is 0 Å². The Kier molecular flexibility index (Phi) is 6.25. The summed E-state index contributed by atoms with van der Waals surface area (Å²) in [5.41, 5.74) is 6.34. The van der Waals surface area contributed by atoms with Crippen LogP contribution in [0.2, 0.25) is 0 Å². The second kappa shape index (κ2) is 9.62. The maximum atomic E-state index is 4.51. The van der Waals surface area contributed by atoms with Crippen molar-refractivity contribution in [2.75, 3.05) is 42.9 Å². The Bertz CT molecular complexity index is 1310. The van der Waals surface area contributed by atoms with E-state index < -0.39 is 0 Å². The number of piperazine rings is 1. The molecule has 5 nitrogen and oxygen atoms in total. The largest absolute Gasteiger partial charge is 0.369 e. The number of likely N-dealkylation sites (N-methyl/N-ethyl adjacent to an activating group) is 1. The van der Waals surface area contributed by atoms with E-state index in [1.54, 1.807) is 17.7 Å². The average Bonchev–Trinajstić information content (AvgIpc) is 3.28. The van der Waals surface area contributed by atoms with Crippen molar-refractivity contribution in [3.8, 4) is 11.8 Å². The standard InChI is InChI=1S/C27H27N5S/c1-3-31-14-16-32(17-15-31)24-12-10-23(11-13-24)30-27-26-25(28-19-29-27)22(18-33-26)9-8-21-7-5-4-6-20(21)2/h4-7,10-13,18-19H,3,14-17H2,1-2H3,(H,28,29,30). The Morgan fingerprint density at radius 1 is 0.939 bits per heavy atom. The molecule has 6 heteroatoms. The molecule has 2 aromatic heterocycles. The Hall–Kier alpha value is -3.40. The Balaban J connectivity index is 1.33. The van der Waals surface area contributed by atoms with E-state index in [-0.39, 0.29) is 0 Å². The first-order valence-electron chi connectivity index (χ1n) is 11.4. The molecule has 2 aromatic carbocycles. The van der Waals surface area contributed by atoms with Gasteiger partial charge in [0.05, 0.1) is 10.3 Å². The highest BCUT2D eigenvalue weighted by Crippen LogP contribution is 2.31. The molecule has 0 bridgehead atoms. The summed E-state index contributed by atoms with van der Waals surface area (Å²) in [5.74, 6) is 7.41. The molecule has 0 unspecified atom stereocenters. The van der Waals surface area contributed by atoms with Crippen LogP contribution >= 0.6 is 11.3 Å². The first-order valence-corrected chi connectivity index (χ1v) is 12.2. The number of hydrogen-bond acceptors (Lipinski definition) is 6. The molecule has 1 aliphatic rings. The SMILES string of the molecule is CCN1CCN(c2ccc(Nc3ncnc4c(C#Cc5ccccc5C)csc34)cc2)CC1. The number of thiophene rings is 1. The average molecular weight is 454 g/mol. The van der Waals surface area contributed by atoms with E-state index in [0.29, 0.717) is 0 Å². The normalized spacial score (nSPS) is 14.2. The smallest absolute Gasteiger partial charge is 0.151 e. The second-order valence-electron chi connectivity index (χ2n) is 8.21. The minimum absolute atomic E-state index is 0.818. The fourth-order valence-corrected chi connectivity index (χ4v) is 4.99. The molecule has 0 spiro atoms. The van der Waals surface area contributed by atoms with E-state index in [9.17, 15) is 0 Å². The van der Waals surface area contributed by atoms with Crippen molar-refractivity contribution in [2.45, 2.75) is 13.8 Å². The number of nitrogens with zero attached hydrogens (tertiary/aromatic N) is 4. The minimum Gasteiger partial charge on any atom is -0.369 e. The summed E-state index contributed by atoms with van der Waals surface area (Å²) in [6.45, 7) is 9.85. The second-order valence-corrected chi connectivity index (χ2v) is 9.09. The lowest BCUT2D eigenvalue weighted by Crippen LogP contribution is -2.46. The van der Waals surface area contributed by atoms with Crippen LogP contribution in [0, 0.1) is 18.8 Å². The van der Waals surface area contributed by atoms with Crippen molar-refractivity contribution in [1.29, 1.82) is 0 Å². The van der Waals surface area contributed by atoms with Gasteiger partial charge in [-0.05, 0) is 49.4 Å². The summed E-state index contributed by atoms with van der Waals surface area (Å²) in [4.78, 5) is 14.0. The van der Waals surface area contributed by atoms with Crippen LogP contribution in [-0.2, 0) is 0 Å². The van der Waals surface area contributed by atoms with Crippen LogP contribution in [0.5, 0.6) is 0 Å². The zero-order valence-corrected chi connectivity index (χ0v) is 19.8. The van der Waals surface area contributed by atoms with Crippen LogP contribution < -0.4 is 10.2 Å². The molecule has 0 saturated carbocycles. The van der Waals surface area contributed by atoms with Gasteiger partial charge in [0.1, 0.15) is 11.8 Å². The van der Waals surface area contributed by atoms with E-state index in [1.807, 2.05) is 18.2 Å². The van der Waals surface area contributed by atoms with Gasteiger partial charge in [0.25, 0.3) is 0 Å². The molecular weight excluding hydrogens is 426 g/mol. The predicted molar refractivity (Wildman–Crippen MR) is 139 cm³/mol. The Labute approximate surface area is 199 Å². The highest BCUT2D eigenvalue weighted by Gasteiger charge is 2.16. The number of rotatable bonds is 4. The molecule has 0 atom stereocenters. The summed E-state index contributed by atoms with van der Waals surface area (Å²) in [7, 11) is 0. The van der Waals surface area contributed by atoms with Crippen molar-refractivity contribution in [3.63, 3.8) is 0 Å². The van der Waals surface area contributed by atoms with E-state index >= 15 is 0 Å². The van der Waals surface area contributed by atoms with Gasteiger partial charge in [-0.2, -0.15) is 0 Å². The van der Waals surface area contributed by atoms with Gasteiger partial charge in [0, 0.05) is 48.5 Å². The molecule has 5 rings (SSSR count). The number of aromatic nitrogens is 2. The first-order chi connectivity index (χ1) is 16.2. The van der Waals surface area contributed by atoms with Gasteiger partial charge in [-0.1, -0.05) is 37.0 Å². The van der Waals surface area contributed by atoms with Gasteiger partial charge in [-0.15, -0.1) is 11.3 Å². The van der Waals surface area contributed by atoms with Crippen LogP contribution in [0.25, 0.3) is 10.2 Å². The molecule has 0 aliphatic carbocycles. The highest BCUT2D eigenvalue weighted by atomic mass is 32.1. The number of benzene rings is 2. The maximum Gasteiger partial charge on any atom is 0.151 e. The van der Waals surface area contributed by atoms with Gasteiger partial charge in [0.2, 0.25) is 0 Å². The summed E-state index contributed by atoms with van der Waals surface area (Å²) in [5, 5.41) is 5.54. The lowest BCUT2D eigenvalue weighted by atomic mass is 10.1. The number of anilines is 3. The molecule has 0 amide bonds. The Morgan fingerprint density at radius 3 is 2.45 bits per heavy atom. The topological polar surface area (TPSA) is 44.3 Å². The van der Waals surface area contributed by atoms with Crippen LogP contribution in [0.15, 0.2) is 60.2 Å². The number of fused-ring (bicyclic) bond motifs is 1. The predicted octanol–water partition coefficient (Wildman–Crippen LogP) is 5.29. The number of nitrogens with one attached hydrogen (secondary N) is 1. The molecular formula is C27H27N5S. The fourth-order valence-electron chi connectivity index (χ4n) is 4.09. The third-order valence-electron chi connectivity index (χ3n) is 6.15. The molecule has 1 saturated heterocycles. The van der Waals surface area contributed by atoms with Crippen molar-refractivity contribution >= 4 is 38.7 Å². The molecule has 0 radical (unpaired) electrons. The molecule has 1 fully saturated rings. The van der Waals surface area contributed by atoms with Gasteiger partial charge in [0.15, 0.2) is 5.82 Å². The minimum atomic E-state index is 0.818. The van der Waals surface area contributed by atoms with Crippen molar-refractivity contribution in [2.24, 2.45) is 0 Å². The lowest BCUT2D eigenvalue weighted by Gasteiger charge is -2.35. The van der Waals surface area contributed by atoms with E-state index in [1.165, 1.54) is 11.3 Å². The van der Waals surface area contributed by atoms with Crippen molar-refractivity contribution in [1.82, 2.24) is 14.9 Å². The molecule has 4 aromatic rings. The van der Waals surface area contributed by atoms with Crippen LogP contribution in [0.4, 0.5) is 17.2 Å². The number of aryl methyl sites for hydroxylation is 1. The van der Waals surface area contributed by atoms with E-state index in [2.05, 4.69) is 86.5 Å². The first kappa shape index (κ1) is 21.4. The molecule has 33 heavy (non-hydrogen) atoms. The maximum absolute atomic E-state index is 4.51. The molecule has 1 N–H and O–H groups in total. The van der Waals surface area contributed by atoms with Gasteiger partial charge in [-0.25, -0.2) is 9.97 Å². The highest BCUT2D eigenvalue weighted by molar-refractivity contribution is 7.18. The quantitative estimate of drug-likeness (QED) is 0.426. The molecule has 3 heterocycles. The summed E-state index contributed by atoms with van der Waals surface area (Å²) < 4.78 is 1.02. The van der Waals surface area contributed by atoms with Crippen LogP contribution in [-0.4, -0.2) is 47.6 Å². The summed E-state index contributed by atoms with van der Waals surface area (Å²) in [6, 6.07) is 16.8. The van der Waals surface area contributed by atoms with Gasteiger partial charge < -0.3 is 15.1 Å². The zero-order valence-electron chi connectivity index (χ0n) is 19.0. The van der Waals surface area contributed by atoms with Crippen LogP contribution in [0.3, 0.4) is 0 Å². The molecule has 1 aliphatic heterocycles.